The van der Waals surface area contributed by atoms with Crippen LogP contribution >= 0.6 is 0 Å². The van der Waals surface area contributed by atoms with Crippen molar-refractivity contribution in [3.63, 3.8) is 0 Å². The number of carboxylic acid groups (broad SMARTS) is 1. The molecule has 2 aliphatic rings. The molecule has 1 fully saturated rings. The van der Waals surface area contributed by atoms with Crippen LogP contribution in [-0.2, 0) is 4.79 Å². The van der Waals surface area contributed by atoms with E-state index in [9.17, 15) is 9.59 Å². The van der Waals surface area contributed by atoms with Gasteiger partial charge in [0.05, 0.1) is 16.6 Å². The van der Waals surface area contributed by atoms with E-state index >= 15 is 0 Å². The second kappa shape index (κ2) is 8.03. The molecule has 32 heavy (non-hydrogen) atoms. The molecule has 2 N–H and O–H groups in total. The predicted molar refractivity (Wildman–Crippen MR) is 117 cm³/mol. The molecule has 1 aromatic carbocycles. The van der Waals surface area contributed by atoms with Crippen LogP contribution in [0.25, 0.3) is 17.8 Å². The summed E-state index contributed by atoms with van der Waals surface area (Å²) in [5.74, 6) is -0.296. The van der Waals surface area contributed by atoms with E-state index < -0.39 is 5.97 Å². The lowest BCUT2D eigenvalue weighted by Crippen LogP contribution is -2.40. The SMILES string of the molecule is CC1C=c2c(nc(Nc3ccc(C(=O)N4CCC(C(=O)O)CC4)cc3)c3nnnn23)=CC1. The Balaban J connectivity index is 1.35. The van der Waals surface area contributed by atoms with Gasteiger partial charge in [-0.1, -0.05) is 19.1 Å². The van der Waals surface area contributed by atoms with Gasteiger partial charge in [0.1, 0.15) is 0 Å². The summed E-state index contributed by atoms with van der Waals surface area (Å²) in [6.07, 6.45) is 6.09. The fourth-order valence-electron chi connectivity index (χ4n) is 4.20. The third-order valence-electron chi connectivity index (χ3n) is 6.06. The zero-order chi connectivity index (χ0) is 22.2. The van der Waals surface area contributed by atoms with Crippen LogP contribution in [0.15, 0.2) is 24.3 Å². The molecular formula is C22H23N7O3. The van der Waals surface area contributed by atoms with Crippen molar-refractivity contribution in [1.82, 2.24) is 29.9 Å². The normalized spacial score (nSPS) is 18.5. The van der Waals surface area contributed by atoms with E-state index in [0.717, 1.165) is 22.8 Å². The highest BCUT2D eigenvalue weighted by Gasteiger charge is 2.27. The van der Waals surface area contributed by atoms with E-state index in [2.05, 4.69) is 39.9 Å². The first-order valence-electron chi connectivity index (χ1n) is 10.7. The summed E-state index contributed by atoms with van der Waals surface area (Å²) in [6, 6.07) is 7.15. The lowest BCUT2D eigenvalue weighted by Gasteiger charge is -2.30. The summed E-state index contributed by atoms with van der Waals surface area (Å²) in [5.41, 5.74) is 1.86. The fourth-order valence-corrected chi connectivity index (χ4v) is 4.20. The van der Waals surface area contributed by atoms with Crippen molar-refractivity contribution in [2.24, 2.45) is 11.8 Å². The van der Waals surface area contributed by atoms with Crippen molar-refractivity contribution in [3.8, 4) is 0 Å². The Morgan fingerprint density at radius 1 is 1.16 bits per heavy atom. The van der Waals surface area contributed by atoms with Crippen LogP contribution in [0.5, 0.6) is 0 Å². The first-order valence-corrected chi connectivity index (χ1v) is 10.7. The summed E-state index contributed by atoms with van der Waals surface area (Å²) in [4.78, 5) is 30.3. The Morgan fingerprint density at radius 2 is 1.91 bits per heavy atom. The van der Waals surface area contributed by atoms with Gasteiger partial charge < -0.3 is 15.3 Å². The minimum absolute atomic E-state index is 0.0874. The maximum Gasteiger partial charge on any atom is 0.306 e. The van der Waals surface area contributed by atoms with Crippen LogP contribution in [0.2, 0.25) is 0 Å². The Labute approximate surface area is 183 Å². The second-order valence-corrected chi connectivity index (χ2v) is 8.34. The van der Waals surface area contributed by atoms with Crippen LogP contribution in [-0.4, -0.2) is 60.0 Å². The van der Waals surface area contributed by atoms with E-state index in [1.54, 1.807) is 21.5 Å². The molecule has 10 nitrogen and oxygen atoms in total. The molecule has 1 unspecified atom stereocenters. The lowest BCUT2D eigenvalue weighted by molar-refractivity contribution is -0.143. The highest BCUT2D eigenvalue weighted by molar-refractivity contribution is 5.94. The highest BCUT2D eigenvalue weighted by Crippen LogP contribution is 2.21. The maximum absolute atomic E-state index is 12.8. The predicted octanol–water partition coefficient (Wildman–Crippen LogP) is 0.800. The van der Waals surface area contributed by atoms with Crippen molar-refractivity contribution < 1.29 is 14.7 Å². The highest BCUT2D eigenvalue weighted by atomic mass is 16.4. The average Bonchev–Trinajstić information content (AvgIpc) is 3.30. The molecule has 164 valence electrons. The number of fused-ring (bicyclic) bond motifs is 3. The Morgan fingerprint density at radius 3 is 2.62 bits per heavy atom. The number of carbonyl (C=O) groups is 2. The maximum atomic E-state index is 12.8. The molecule has 5 rings (SSSR count). The van der Waals surface area contributed by atoms with Gasteiger partial charge in [-0.05, 0) is 59.9 Å². The van der Waals surface area contributed by atoms with E-state index in [4.69, 9.17) is 10.1 Å². The van der Waals surface area contributed by atoms with E-state index in [1.165, 1.54) is 0 Å². The van der Waals surface area contributed by atoms with Gasteiger partial charge in [-0.2, -0.15) is 4.52 Å². The summed E-state index contributed by atoms with van der Waals surface area (Å²) in [6.45, 7) is 3.05. The number of aromatic nitrogens is 5. The number of hydrogen-bond donors (Lipinski definition) is 2. The molecule has 3 heterocycles. The van der Waals surface area contributed by atoms with Gasteiger partial charge in [-0.25, -0.2) is 4.98 Å². The summed E-state index contributed by atoms with van der Waals surface area (Å²) in [7, 11) is 0. The van der Waals surface area contributed by atoms with Crippen LogP contribution in [0.4, 0.5) is 11.5 Å². The number of rotatable bonds is 4. The number of nitrogens with one attached hydrogen (secondary N) is 1. The zero-order valence-corrected chi connectivity index (χ0v) is 17.6. The monoisotopic (exact) mass is 433 g/mol. The van der Waals surface area contributed by atoms with Gasteiger partial charge in [-0.3, -0.25) is 9.59 Å². The number of likely N-dealkylation sites (tertiary alicyclic amines) is 1. The number of carbonyl (C=O) groups excluding carboxylic acids is 1. The van der Waals surface area contributed by atoms with E-state index in [-0.39, 0.29) is 11.8 Å². The van der Waals surface area contributed by atoms with E-state index in [0.29, 0.717) is 48.9 Å². The van der Waals surface area contributed by atoms with Gasteiger partial charge in [0.15, 0.2) is 5.82 Å². The number of anilines is 2. The molecule has 1 aliphatic carbocycles. The number of carboxylic acids is 1. The quantitative estimate of drug-likeness (QED) is 0.619. The molecule has 3 aromatic rings. The minimum Gasteiger partial charge on any atom is -0.481 e. The molecule has 0 radical (unpaired) electrons. The van der Waals surface area contributed by atoms with Gasteiger partial charge in [0.25, 0.3) is 5.91 Å². The van der Waals surface area contributed by atoms with Gasteiger partial charge in [-0.15, -0.1) is 5.10 Å². The number of piperidine rings is 1. The van der Waals surface area contributed by atoms with Crippen LogP contribution < -0.4 is 16.0 Å². The number of benzene rings is 1. The van der Waals surface area contributed by atoms with Crippen molar-refractivity contribution in [2.45, 2.75) is 26.2 Å². The molecule has 1 saturated heterocycles. The van der Waals surface area contributed by atoms with Crippen molar-refractivity contribution >= 4 is 41.2 Å². The number of aliphatic carboxylic acids is 1. The van der Waals surface area contributed by atoms with Gasteiger partial charge in [0.2, 0.25) is 5.65 Å². The third-order valence-corrected chi connectivity index (χ3v) is 6.06. The Hall–Kier alpha value is -3.82. The zero-order valence-electron chi connectivity index (χ0n) is 17.6. The summed E-state index contributed by atoms with van der Waals surface area (Å²) >= 11 is 0. The standard InChI is InChI=1S/C22H23N7O3/c1-13-2-7-17-18(12-13)29-20(25-26-27-29)19(24-17)23-16-5-3-14(4-6-16)21(30)28-10-8-15(9-11-28)22(31)32/h3-7,12-13,15H,2,8-11H2,1H3,(H,23,24)(H,31,32). The van der Waals surface area contributed by atoms with Crippen LogP contribution in [0.3, 0.4) is 0 Å². The van der Waals surface area contributed by atoms with Crippen LogP contribution in [0, 0.1) is 11.8 Å². The molecule has 2 aromatic heterocycles. The third kappa shape index (κ3) is 3.68. The molecule has 0 bridgehead atoms. The van der Waals surface area contributed by atoms with Gasteiger partial charge >= 0.3 is 5.97 Å². The van der Waals surface area contributed by atoms with E-state index in [1.807, 2.05) is 12.1 Å². The first-order chi connectivity index (χ1) is 15.5. The number of nitrogens with zero attached hydrogens (tertiary/aromatic N) is 6. The lowest BCUT2D eigenvalue weighted by atomic mass is 9.96. The van der Waals surface area contributed by atoms with Crippen molar-refractivity contribution in [1.29, 1.82) is 0 Å². The van der Waals surface area contributed by atoms with Crippen LogP contribution in [0.1, 0.15) is 36.5 Å². The number of hydrogen-bond acceptors (Lipinski definition) is 7. The molecule has 0 saturated carbocycles. The second-order valence-electron chi connectivity index (χ2n) is 8.34. The van der Waals surface area contributed by atoms with Gasteiger partial charge in [0, 0.05) is 24.3 Å². The number of amides is 1. The minimum atomic E-state index is -0.787. The molecule has 1 aliphatic heterocycles. The largest absolute Gasteiger partial charge is 0.481 e. The summed E-state index contributed by atoms with van der Waals surface area (Å²) in [5, 5.41) is 26.1. The average molecular weight is 433 g/mol. The molecular weight excluding hydrogens is 410 g/mol. The number of tetrazole rings is 1. The topological polar surface area (TPSA) is 126 Å². The first kappa shape index (κ1) is 20.1. The Kier molecular flexibility index (Phi) is 5.04. The molecule has 1 amide bonds. The van der Waals surface area contributed by atoms with Crippen molar-refractivity contribution in [3.05, 3.63) is 40.5 Å². The van der Waals surface area contributed by atoms with Crippen molar-refractivity contribution in [2.75, 3.05) is 18.4 Å². The molecule has 1 atom stereocenters. The molecule has 10 heteroatoms. The fraction of sp³-hybridized carbons (Fsp3) is 0.364. The Bertz CT molecular complexity index is 1310. The smallest absolute Gasteiger partial charge is 0.306 e. The molecule has 0 spiro atoms. The summed E-state index contributed by atoms with van der Waals surface area (Å²) < 4.78 is 1.69.